The average Bonchev–Trinajstić information content (AvgIpc) is 3.12. The number of carbonyl (C=O) groups excluding carboxylic acids is 1. The highest BCUT2D eigenvalue weighted by molar-refractivity contribution is 5.94. The van der Waals surface area contributed by atoms with E-state index in [1.54, 1.807) is 0 Å². The first-order chi connectivity index (χ1) is 15.8. The molecule has 2 aromatic carbocycles. The molecule has 4 aliphatic rings. The molecule has 0 radical (unpaired) electrons. The topological polar surface area (TPSA) is 148 Å². The van der Waals surface area contributed by atoms with Gasteiger partial charge in [-0.3, -0.25) is 14.9 Å². The van der Waals surface area contributed by atoms with Crippen LogP contribution in [-0.4, -0.2) is 50.8 Å². The Balaban J connectivity index is 1.37. The van der Waals surface area contributed by atoms with Crippen LogP contribution in [0.5, 0.6) is 17.2 Å². The maximum absolute atomic E-state index is 13.0. The van der Waals surface area contributed by atoms with Crippen LogP contribution in [0.15, 0.2) is 30.3 Å². The van der Waals surface area contributed by atoms with E-state index >= 15 is 0 Å². The Morgan fingerprint density at radius 3 is 2.73 bits per heavy atom. The van der Waals surface area contributed by atoms with E-state index in [4.69, 9.17) is 4.74 Å². The number of nitrogens with one attached hydrogen (secondary N) is 1. The highest BCUT2D eigenvalue weighted by Crippen LogP contribution is 2.64. The number of amides is 1. The number of hydroxylamine groups is 2. The number of ether oxygens (including phenoxy) is 1. The standard InChI is InChI=1S/C23H22N3O7/c27-17-10-18-19-13(20(17)28)9-16-14-5-6-15(21(33-18)23(14,19)7-8-25(16)30)24-22(29)11-1-3-12(4-2-11)26(31)32/h1-4,10,14-16,21,27-28H,5-9H2,(H,24,29)/q-1/t14-,15+,16+,21-,23-/m0/s1. The summed E-state index contributed by atoms with van der Waals surface area (Å²) in [5.74, 6) is -0.306. The summed E-state index contributed by atoms with van der Waals surface area (Å²) in [7, 11) is 0. The number of benzene rings is 2. The van der Waals surface area contributed by atoms with Crippen molar-refractivity contribution in [2.75, 3.05) is 6.54 Å². The van der Waals surface area contributed by atoms with Crippen LogP contribution in [0.25, 0.3) is 0 Å². The van der Waals surface area contributed by atoms with Crippen LogP contribution in [0.1, 0.15) is 40.7 Å². The number of phenols is 2. The van der Waals surface area contributed by atoms with E-state index in [1.165, 1.54) is 30.3 Å². The molecule has 2 aliphatic carbocycles. The van der Waals surface area contributed by atoms with Crippen molar-refractivity contribution in [2.24, 2.45) is 5.92 Å². The van der Waals surface area contributed by atoms with Crippen molar-refractivity contribution in [2.45, 2.75) is 49.3 Å². The molecule has 1 saturated carbocycles. The fraction of sp³-hybridized carbons (Fsp3) is 0.435. The number of piperidine rings is 1. The zero-order valence-electron chi connectivity index (χ0n) is 17.6. The number of nitro benzene ring substituents is 1. The summed E-state index contributed by atoms with van der Waals surface area (Å²) in [4.78, 5) is 23.4. The molecule has 2 aromatic rings. The fourth-order valence-electron chi connectivity index (χ4n) is 6.72. The molecule has 2 heterocycles. The lowest BCUT2D eigenvalue weighted by molar-refractivity contribution is -0.384. The number of phenolic OH excluding ortho intramolecular Hbond substituents is 2. The molecule has 1 amide bonds. The van der Waals surface area contributed by atoms with Gasteiger partial charge in [0.25, 0.3) is 11.6 Å². The lowest BCUT2D eigenvalue weighted by atomic mass is 9.51. The van der Waals surface area contributed by atoms with E-state index < -0.39 is 16.4 Å². The number of hydrogen-bond acceptors (Lipinski definition) is 8. The maximum atomic E-state index is 13.0. The number of non-ortho nitro benzene ring substituents is 1. The molecule has 2 aliphatic heterocycles. The molecule has 5 atom stereocenters. The summed E-state index contributed by atoms with van der Waals surface area (Å²) >= 11 is 0. The van der Waals surface area contributed by atoms with Crippen molar-refractivity contribution in [1.82, 2.24) is 10.4 Å². The molecule has 2 bridgehead atoms. The zero-order valence-corrected chi connectivity index (χ0v) is 17.6. The Kier molecular flexibility index (Phi) is 4.18. The minimum absolute atomic E-state index is 0.0268. The van der Waals surface area contributed by atoms with Crippen molar-refractivity contribution in [3.8, 4) is 17.2 Å². The Hall–Kier alpha value is -3.37. The van der Waals surface area contributed by atoms with Gasteiger partial charge in [0.15, 0.2) is 11.5 Å². The molecular weight excluding hydrogens is 430 g/mol. The third-order valence-electron chi connectivity index (χ3n) is 8.04. The summed E-state index contributed by atoms with van der Waals surface area (Å²) < 4.78 is 6.35. The molecule has 33 heavy (non-hydrogen) atoms. The molecule has 3 N–H and O–H groups in total. The van der Waals surface area contributed by atoms with Crippen LogP contribution < -0.4 is 10.1 Å². The monoisotopic (exact) mass is 452 g/mol. The van der Waals surface area contributed by atoms with E-state index in [0.717, 1.165) is 17.0 Å². The van der Waals surface area contributed by atoms with Crippen molar-refractivity contribution in [3.63, 3.8) is 0 Å². The minimum Gasteiger partial charge on any atom is -0.785 e. The number of rotatable bonds is 3. The van der Waals surface area contributed by atoms with E-state index in [2.05, 4.69) is 5.32 Å². The highest BCUT2D eigenvalue weighted by atomic mass is 16.6. The highest BCUT2D eigenvalue weighted by Gasteiger charge is 2.65. The molecule has 1 saturated heterocycles. The van der Waals surface area contributed by atoms with Gasteiger partial charge in [-0.25, -0.2) is 0 Å². The largest absolute Gasteiger partial charge is 0.785 e. The number of carbonyl (C=O) groups is 1. The summed E-state index contributed by atoms with van der Waals surface area (Å²) in [6.45, 7) is 0.338. The summed E-state index contributed by atoms with van der Waals surface area (Å²) in [5.41, 5.74) is 1.13. The predicted molar refractivity (Wildman–Crippen MR) is 115 cm³/mol. The predicted octanol–water partition coefficient (Wildman–Crippen LogP) is 2.34. The molecule has 0 aromatic heterocycles. The molecule has 10 heteroatoms. The second-order valence-corrected chi connectivity index (χ2v) is 9.40. The zero-order chi connectivity index (χ0) is 23.1. The van der Waals surface area contributed by atoms with Crippen molar-refractivity contribution in [1.29, 1.82) is 0 Å². The quantitative estimate of drug-likeness (QED) is 0.365. The lowest BCUT2D eigenvalue weighted by Crippen LogP contribution is -2.68. The van der Waals surface area contributed by atoms with Gasteiger partial charge in [-0.2, -0.15) is 0 Å². The molecule has 2 fully saturated rings. The lowest BCUT2D eigenvalue weighted by Gasteiger charge is -2.61. The third kappa shape index (κ3) is 2.64. The second-order valence-electron chi connectivity index (χ2n) is 9.40. The van der Waals surface area contributed by atoms with Crippen molar-refractivity contribution < 1.29 is 24.7 Å². The van der Waals surface area contributed by atoms with Gasteiger partial charge in [0.1, 0.15) is 11.9 Å². The molecule has 0 unspecified atom stereocenters. The van der Waals surface area contributed by atoms with E-state index in [9.17, 15) is 30.3 Å². The molecular formula is C23H22N3O7-. The Morgan fingerprint density at radius 2 is 2.00 bits per heavy atom. The third-order valence-corrected chi connectivity index (χ3v) is 8.04. The smallest absolute Gasteiger partial charge is 0.269 e. The van der Waals surface area contributed by atoms with E-state index in [1.807, 2.05) is 0 Å². The SMILES string of the molecule is O=C(N[C@@H]1CC[C@H]2[C@H]3Cc4c(O)c(O)cc5c4[C@@]2(CCN3[O-])[C@H]1O5)c1ccc([N+](=O)[O-])cc1. The summed E-state index contributed by atoms with van der Waals surface area (Å²) in [6.07, 6.45) is 1.78. The van der Waals surface area contributed by atoms with Gasteiger partial charge in [0, 0.05) is 46.3 Å². The number of nitrogens with zero attached hydrogens (tertiary/aromatic N) is 2. The van der Waals surface area contributed by atoms with Gasteiger partial charge < -0.3 is 30.5 Å². The molecule has 6 rings (SSSR count). The van der Waals surface area contributed by atoms with Crippen LogP contribution in [0.2, 0.25) is 0 Å². The summed E-state index contributed by atoms with van der Waals surface area (Å²) in [5, 5.41) is 48.6. The first-order valence-corrected chi connectivity index (χ1v) is 11.1. The molecule has 10 nitrogen and oxygen atoms in total. The van der Waals surface area contributed by atoms with Gasteiger partial charge >= 0.3 is 0 Å². The Bertz CT molecular complexity index is 1180. The number of nitro groups is 1. The number of hydrogen-bond donors (Lipinski definition) is 3. The van der Waals surface area contributed by atoms with Crippen molar-refractivity contribution in [3.05, 3.63) is 62.3 Å². The Morgan fingerprint density at radius 1 is 1.24 bits per heavy atom. The van der Waals surface area contributed by atoms with Gasteiger partial charge in [0.2, 0.25) is 0 Å². The number of aromatic hydroxyl groups is 2. The van der Waals surface area contributed by atoms with Crippen LogP contribution in [0.3, 0.4) is 0 Å². The first kappa shape index (κ1) is 20.3. The van der Waals surface area contributed by atoms with Crippen LogP contribution in [-0.2, 0) is 11.8 Å². The van der Waals surface area contributed by atoms with Gasteiger partial charge in [-0.15, -0.1) is 0 Å². The average molecular weight is 452 g/mol. The minimum atomic E-state index is -0.522. The second kappa shape index (κ2) is 6.82. The normalized spacial score (nSPS) is 31.4. The fourth-order valence-corrected chi connectivity index (χ4v) is 6.72. The van der Waals surface area contributed by atoms with E-state index in [0.29, 0.717) is 42.7 Å². The van der Waals surface area contributed by atoms with Crippen LogP contribution in [0.4, 0.5) is 5.69 Å². The van der Waals surface area contributed by atoms with Crippen LogP contribution in [0, 0.1) is 21.2 Å². The van der Waals surface area contributed by atoms with E-state index in [-0.39, 0.29) is 41.1 Å². The molecule has 1 spiro atoms. The first-order valence-electron chi connectivity index (χ1n) is 11.1. The van der Waals surface area contributed by atoms with Gasteiger partial charge in [0.05, 0.1) is 11.0 Å². The van der Waals surface area contributed by atoms with Crippen molar-refractivity contribution >= 4 is 11.6 Å². The van der Waals surface area contributed by atoms with Gasteiger partial charge in [-0.05, 0) is 50.3 Å². The maximum Gasteiger partial charge on any atom is 0.269 e. The summed E-state index contributed by atoms with van der Waals surface area (Å²) in [6, 6.07) is 6.18. The molecule has 172 valence electrons. The Labute approximate surface area is 188 Å². The van der Waals surface area contributed by atoms with Gasteiger partial charge in [-0.1, -0.05) is 0 Å². The van der Waals surface area contributed by atoms with Crippen LogP contribution >= 0.6 is 0 Å².